The highest BCUT2D eigenvalue weighted by Crippen LogP contribution is 2.38. The van der Waals surface area contributed by atoms with Crippen molar-refractivity contribution in [3.63, 3.8) is 0 Å². The summed E-state index contributed by atoms with van der Waals surface area (Å²) in [6.07, 6.45) is 3.11. The van der Waals surface area contributed by atoms with E-state index in [2.05, 4.69) is 11.4 Å². The maximum absolute atomic E-state index is 12.1. The van der Waals surface area contributed by atoms with Gasteiger partial charge in [-0.15, -0.1) is 11.3 Å². The monoisotopic (exact) mass is 368 g/mol. The molecule has 0 spiro atoms. The van der Waals surface area contributed by atoms with E-state index in [9.17, 15) is 14.9 Å². The van der Waals surface area contributed by atoms with Gasteiger partial charge in [0.15, 0.2) is 6.61 Å². The van der Waals surface area contributed by atoms with Gasteiger partial charge in [0.2, 0.25) is 0 Å². The maximum atomic E-state index is 12.1. The first-order chi connectivity index (χ1) is 12.6. The van der Waals surface area contributed by atoms with Gasteiger partial charge in [-0.3, -0.25) is 9.59 Å². The zero-order chi connectivity index (χ0) is 18.5. The van der Waals surface area contributed by atoms with E-state index in [1.165, 1.54) is 16.2 Å². The van der Waals surface area contributed by atoms with E-state index in [0.29, 0.717) is 10.6 Å². The number of carbonyl (C=O) groups is 2. The molecule has 1 aliphatic carbocycles. The number of thiophene rings is 1. The lowest BCUT2D eigenvalue weighted by molar-refractivity contribution is -0.147. The van der Waals surface area contributed by atoms with E-state index in [1.807, 2.05) is 37.3 Å². The smallest absolute Gasteiger partial charge is 0.306 e. The lowest BCUT2D eigenvalue weighted by atomic mass is 9.98. The fourth-order valence-corrected chi connectivity index (χ4v) is 4.38. The Morgan fingerprint density at radius 1 is 1.31 bits per heavy atom. The van der Waals surface area contributed by atoms with Gasteiger partial charge in [0.05, 0.1) is 12.0 Å². The molecule has 0 saturated carbocycles. The predicted molar refractivity (Wildman–Crippen MR) is 100 cm³/mol. The van der Waals surface area contributed by atoms with Crippen molar-refractivity contribution in [1.29, 1.82) is 5.26 Å². The third kappa shape index (κ3) is 4.12. The molecule has 1 N–H and O–H groups in total. The SMILES string of the molecule is C[C@@H](CC(=O)OCC(=O)Nc1sc2c(c1C#N)CCC2)c1ccccc1. The van der Waals surface area contributed by atoms with Crippen LogP contribution < -0.4 is 5.32 Å². The van der Waals surface area contributed by atoms with Crippen LogP contribution in [0.2, 0.25) is 0 Å². The Balaban J connectivity index is 1.50. The van der Waals surface area contributed by atoms with Crippen LogP contribution in [0.5, 0.6) is 0 Å². The van der Waals surface area contributed by atoms with Gasteiger partial charge in [-0.1, -0.05) is 37.3 Å². The van der Waals surface area contributed by atoms with Gasteiger partial charge in [-0.2, -0.15) is 5.26 Å². The molecule has 1 atom stereocenters. The molecule has 0 radical (unpaired) electrons. The number of nitrogens with one attached hydrogen (secondary N) is 1. The molecular weight excluding hydrogens is 348 g/mol. The topological polar surface area (TPSA) is 79.2 Å². The van der Waals surface area contributed by atoms with Crippen LogP contribution in [-0.4, -0.2) is 18.5 Å². The maximum Gasteiger partial charge on any atom is 0.306 e. The minimum Gasteiger partial charge on any atom is -0.456 e. The van der Waals surface area contributed by atoms with Crippen LogP contribution in [0.1, 0.15) is 47.3 Å². The average Bonchev–Trinajstić information content (AvgIpc) is 3.21. The van der Waals surface area contributed by atoms with E-state index < -0.39 is 11.9 Å². The molecule has 1 heterocycles. The number of nitrogens with zero attached hydrogens (tertiary/aromatic N) is 1. The Kier molecular flexibility index (Phi) is 5.69. The van der Waals surface area contributed by atoms with Gasteiger partial charge >= 0.3 is 5.97 Å². The second kappa shape index (κ2) is 8.15. The molecule has 1 aromatic carbocycles. The molecule has 3 rings (SSSR count). The van der Waals surface area contributed by atoms with Gasteiger partial charge in [0.25, 0.3) is 5.91 Å². The fourth-order valence-electron chi connectivity index (χ4n) is 3.13. The van der Waals surface area contributed by atoms with Crippen LogP contribution in [0.25, 0.3) is 0 Å². The predicted octanol–water partition coefficient (Wildman–Crippen LogP) is 3.78. The molecule has 0 aliphatic heterocycles. The van der Waals surface area contributed by atoms with E-state index in [0.717, 1.165) is 30.4 Å². The number of esters is 1. The van der Waals surface area contributed by atoms with Crippen molar-refractivity contribution in [1.82, 2.24) is 0 Å². The molecule has 5 nitrogen and oxygen atoms in total. The first-order valence-corrected chi connectivity index (χ1v) is 9.45. The number of fused-ring (bicyclic) bond motifs is 1. The van der Waals surface area contributed by atoms with Gasteiger partial charge < -0.3 is 10.1 Å². The minimum atomic E-state index is -0.415. The Morgan fingerprint density at radius 3 is 2.81 bits per heavy atom. The van der Waals surface area contributed by atoms with Crippen molar-refractivity contribution in [2.75, 3.05) is 11.9 Å². The summed E-state index contributed by atoms with van der Waals surface area (Å²) in [5.41, 5.74) is 2.67. The highest BCUT2D eigenvalue weighted by atomic mass is 32.1. The second-order valence-electron chi connectivity index (χ2n) is 6.40. The standard InChI is InChI=1S/C20H20N2O3S/c1-13(14-6-3-2-4-7-14)10-19(24)25-12-18(23)22-20-16(11-21)15-8-5-9-17(15)26-20/h2-4,6-7,13H,5,8-10,12H2,1H3,(H,22,23)/t13-/m0/s1. The number of nitriles is 1. The molecule has 0 unspecified atom stereocenters. The van der Waals surface area contributed by atoms with Crippen LogP contribution in [0, 0.1) is 11.3 Å². The summed E-state index contributed by atoms with van der Waals surface area (Å²) >= 11 is 1.45. The zero-order valence-corrected chi connectivity index (χ0v) is 15.4. The molecular formula is C20H20N2O3S. The molecule has 6 heteroatoms. The molecule has 2 aromatic rings. The fraction of sp³-hybridized carbons (Fsp3) is 0.350. The number of amides is 1. The first-order valence-electron chi connectivity index (χ1n) is 8.63. The van der Waals surface area contributed by atoms with E-state index in [1.54, 1.807) is 0 Å². The summed E-state index contributed by atoms with van der Waals surface area (Å²) in [5.74, 6) is -0.801. The average molecular weight is 368 g/mol. The molecule has 1 aromatic heterocycles. The molecule has 1 amide bonds. The van der Waals surface area contributed by atoms with Crippen molar-refractivity contribution in [3.8, 4) is 6.07 Å². The summed E-state index contributed by atoms with van der Waals surface area (Å²) in [6.45, 7) is 1.61. The number of ether oxygens (including phenoxy) is 1. The number of rotatable bonds is 6. The van der Waals surface area contributed by atoms with Crippen molar-refractivity contribution < 1.29 is 14.3 Å². The molecule has 26 heavy (non-hydrogen) atoms. The van der Waals surface area contributed by atoms with Crippen molar-refractivity contribution in [3.05, 3.63) is 51.9 Å². The largest absolute Gasteiger partial charge is 0.456 e. The molecule has 1 aliphatic rings. The molecule has 134 valence electrons. The summed E-state index contributed by atoms with van der Waals surface area (Å²) in [5, 5.41) is 12.6. The summed E-state index contributed by atoms with van der Waals surface area (Å²) < 4.78 is 5.09. The van der Waals surface area contributed by atoms with Crippen molar-refractivity contribution >= 4 is 28.2 Å². The summed E-state index contributed by atoms with van der Waals surface area (Å²) in [4.78, 5) is 25.2. The van der Waals surface area contributed by atoms with Crippen LogP contribution in [0.3, 0.4) is 0 Å². The van der Waals surface area contributed by atoms with Crippen LogP contribution in [0.4, 0.5) is 5.00 Å². The number of benzene rings is 1. The van der Waals surface area contributed by atoms with Gasteiger partial charge in [0.1, 0.15) is 11.1 Å². The number of anilines is 1. The Bertz CT molecular complexity index is 852. The third-order valence-electron chi connectivity index (χ3n) is 4.49. The van der Waals surface area contributed by atoms with E-state index >= 15 is 0 Å². The number of carbonyl (C=O) groups excluding carboxylic acids is 2. The normalized spacial score (nSPS) is 13.5. The van der Waals surface area contributed by atoms with Gasteiger partial charge in [-0.05, 0) is 36.3 Å². The highest BCUT2D eigenvalue weighted by molar-refractivity contribution is 7.16. The lowest BCUT2D eigenvalue weighted by Crippen LogP contribution is -2.21. The van der Waals surface area contributed by atoms with Gasteiger partial charge in [-0.25, -0.2) is 0 Å². The summed E-state index contributed by atoms with van der Waals surface area (Å²) in [6, 6.07) is 11.9. The molecule has 0 fully saturated rings. The second-order valence-corrected chi connectivity index (χ2v) is 7.50. The van der Waals surface area contributed by atoms with E-state index in [4.69, 9.17) is 4.74 Å². The Morgan fingerprint density at radius 2 is 2.08 bits per heavy atom. The van der Waals surface area contributed by atoms with Gasteiger partial charge in [0, 0.05) is 4.88 Å². The quantitative estimate of drug-likeness (QED) is 0.787. The summed E-state index contributed by atoms with van der Waals surface area (Å²) in [7, 11) is 0. The lowest BCUT2D eigenvalue weighted by Gasteiger charge is -2.11. The number of aryl methyl sites for hydroxylation is 1. The van der Waals surface area contributed by atoms with Crippen molar-refractivity contribution in [2.45, 2.75) is 38.5 Å². The number of hydrogen-bond acceptors (Lipinski definition) is 5. The van der Waals surface area contributed by atoms with E-state index in [-0.39, 0.29) is 18.9 Å². The Hall–Kier alpha value is -2.65. The van der Waals surface area contributed by atoms with Crippen LogP contribution in [-0.2, 0) is 27.2 Å². The number of hydrogen-bond donors (Lipinski definition) is 1. The third-order valence-corrected chi connectivity index (χ3v) is 5.70. The van der Waals surface area contributed by atoms with Crippen LogP contribution in [0.15, 0.2) is 30.3 Å². The molecule has 0 bridgehead atoms. The molecule has 0 saturated heterocycles. The zero-order valence-electron chi connectivity index (χ0n) is 14.6. The first kappa shape index (κ1) is 18.2. The van der Waals surface area contributed by atoms with Crippen molar-refractivity contribution in [2.24, 2.45) is 0 Å². The van der Waals surface area contributed by atoms with Crippen LogP contribution >= 0.6 is 11.3 Å². The Labute approximate surface area is 156 Å². The highest BCUT2D eigenvalue weighted by Gasteiger charge is 2.23. The minimum absolute atomic E-state index is 0.0252.